The number of esters is 1. The molecule has 15 nitrogen and oxygen atoms in total. The number of nitrogens with two attached hydrogens (primary N) is 2. The first-order valence-electron chi connectivity index (χ1n) is 16.4. The van der Waals surface area contributed by atoms with E-state index in [0.29, 0.717) is 33.8 Å². The summed E-state index contributed by atoms with van der Waals surface area (Å²) < 4.78 is 5.66. The summed E-state index contributed by atoms with van der Waals surface area (Å²) in [5.41, 5.74) is 14.1. The fourth-order valence-electron chi connectivity index (χ4n) is 6.30. The molecule has 2 fully saturated rings. The zero-order chi connectivity index (χ0) is 38.1. The van der Waals surface area contributed by atoms with Gasteiger partial charge >= 0.3 is 11.9 Å². The summed E-state index contributed by atoms with van der Waals surface area (Å²) in [5, 5.41) is 23.4. The molecular formula is C36H36N6O9S2. The molecule has 6 atom stereocenters. The molecule has 0 bridgehead atoms. The maximum absolute atomic E-state index is 13.6. The molecule has 0 spiro atoms. The molecule has 4 aliphatic rings. The van der Waals surface area contributed by atoms with E-state index in [-0.39, 0.29) is 22.9 Å². The van der Waals surface area contributed by atoms with Crippen molar-refractivity contribution in [3.05, 3.63) is 107 Å². The van der Waals surface area contributed by atoms with Crippen LogP contribution in [-0.4, -0.2) is 89.9 Å². The fourth-order valence-corrected chi connectivity index (χ4v) is 8.94. The molecule has 0 radical (unpaired) electrons. The zero-order valence-electron chi connectivity index (χ0n) is 28.4. The first-order chi connectivity index (χ1) is 25.4. The molecule has 17 heteroatoms. The van der Waals surface area contributed by atoms with Crippen molar-refractivity contribution < 1.29 is 43.7 Å². The molecule has 6 rings (SSSR count). The number of aliphatic carboxylic acids is 1. The number of phenols is 1. The third kappa shape index (κ3) is 7.07. The van der Waals surface area contributed by atoms with Gasteiger partial charge in [-0.2, -0.15) is 0 Å². The molecule has 4 aliphatic heterocycles. The van der Waals surface area contributed by atoms with Crippen molar-refractivity contribution in [2.24, 2.45) is 11.5 Å². The molecule has 2 aromatic rings. The van der Waals surface area contributed by atoms with Crippen LogP contribution in [0, 0.1) is 0 Å². The number of hydrogen-bond acceptors (Lipinski definition) is 12. The minimum Gasteiger partial charge on any atom is -0.508 e. The monoisotopic (exact) mass is 760 g/mol. The Bertz CT molecular complexity index is 2000. The van der Waals surface area contributed by atoms with Gasteiger partial charge in [0, 0.05) is 11.5 Å². The van der Waals surface area contributed by atoms with Gasteiger partial charge in [-0.15, -0.1) is 23.5 Å². The lowest BCUT2D eigenvalue weighted by Crippen LogP contribution is -2.71. The van der Waals surface area contributed by atoms with Crippen LogP contribution in [0.25, 0.3) is 0 Å². The van der Waals surface area contributed by atoms with Gasteiger partial charge in [-0.25, -0.2) is 9.59 Å². The third-order valence-electron chi connectivity index (χ3n) is 8.99. The highest BCUT2D eigenvalue weighted by Gasteiger charge is 2.55. The number of carboxylic acid groups (broad SMARTS) is 1. The summed E-state index contributed by atoms with van der Waals surface area (Å²) in [6.45, 7) is 3.52. The Morgan fingerprint density at radius 3 is 1.66 bits per heavy atom. The largest absolute Gasteiger partial charge is 0.508 e. The van der Waals surface area contributed by atoms with Crippen LogP contribution in [0.1, 0.15) is 37.1 Å². The highest BCUT2D eigenvalue weighted by Crippen LogP contribution is 2.42. The number of thioether (sulfide) groups is 2. The van der Waals surface area contributed by atoms with Crippen LogP contribution < -0.4 is 26.8 Å². The topological polar surface area (TPSA) is 235 Å². The van der Waals surface area contributed by atoms with E-state index in [0.717, 1.165) is 0 Å². The standard InChI is InChI=1S/C36H36N6O9S2/c1-3-5-19-15-52-33-25(31(46)41(33)27(19)35(48)49)39-30(45)24(38)18-9-13-22(14-10-18)51-36(50)28-20(6-4-2)16-53-34-26(32(47)42(28)34)40-29(44)23(37)17-7-11-21(43)12-8-17/h3-14,23-26,33-34,43H,15-16,37-38H2,1-2H3,(H,39,45)(H,40,44)(H,48,49)/t23-,24-,25-,26?,33+,34?/m1/s1. The molecule has 2 aromatic carbocycles. The van der Waals surface area contributed by atoms with E-state index in [1.807, 2.05) is 0 Å². The lowest BCUT2D eigenvalue weighted by molar-refractivity contribution is -0.150. The second-order valence-electron chi connectivity index (χ2n) is 12.4. The maximum atomic E-state index is 13.6. The maximum Gasteiger partial charge on any atom is 0.360 e. The number of aromatic hydroxyl groups is 1. The van der Waals surface area contributed by atoms with Crippen molar-refractivity contribution in [2.45, 2.75) is 48.8 Å². The molecule has 4 heterocycles. The van der Waals surface area contributed by atoms with Crippen LogP contribution in [0.5, 0.6) is 11.5 Å². The van der Waals surface area contributed by atoms with E-state index >= 15 is 0 Å². The Balaban J connectivity index is 1.08. The van der Waals surface area contributed by atoms with Gasteiger partial charge < -0.3 is 37.1 Å². The number of carbonyl (C=O) groups is 6. The normalized spacial score (nSPS) is 23.5. The second-order valence-corrected chi connectivity index (χ2v) is 14.6. The first kappa shape index (κ1) is 37.4. The van der Waals surface area contributed by atoms with E-state index in [1.165, 1.54) is 81.9 Å². The average molecular weight is 761 g/mol. The minimum atomic E-state index is -1.23. The molecule has 2 unspecified atom stereocenters. The Morgan fingerprint density at radius 1 is 0.774 bits per heavy atom. The third-order valence-corrected chi connectivity index (χ3v) is 11.6. The lowest BCUT2D eigenvalue weighted by Gasteiger charge is -2.49. The summed E-state index contributed by atoms with van der Waals surface area (Å²) in [6, 6.07) is 7.52. The van der Waals surface area contributed by atoms with Crippen LogP contribution in [-0.2, 0) is 28.8 Å². The highest BCUT2D eigenvalue weighted by molar-refractivity contribution is 8.00. The Labute approximate surface area is 312 Å². The van der Waals surface area contributed by atoms with Crippen LogP contribution in [0.2, 0.25) is 0 Å². The highest BCUT2D eigenvalue weighted by atomic mass is 32.2. The van der Waals surface area contributed by atoms with E-state index in [1.54, 1.807) is 38.2 Å². The van der Waals surface area contributed by atoms with Gasteiger partial charge in [0.15, 0.2) is 0 Å². The van der Waals surface area contributed by atoms with Crippen molar-refractivity contribution in [2.75, 3.05) is 11.5 Å². The van der Waals surface area contributed by atoms with Gasteiger partial charge in [0.25, 0.3) is 11.8 Å². The number of rotatable bonds is 11. The number of β-lactam (4-membered cyclic amide) rings is 2. The number of benzene rings is 2. The van der Waals surface area contributed by atoms with E-state index < -0.39 is 70.5 Å². The summed E-state index contributed by atoms with van der Waals surface area (Å²) in [6.07, 6.45) is 6.78. The van der Waals surface area contributed by atoms with Gasteiger partial charge in [0.1, 0.15) is 57.8 Å². The van der Waals surface area contributed by atoms with Gasteiger partial charge in [-0.1, -0.05) is 48.6 Å². The van der Waals surface area contributed by atoms with Crippen molar-refractivity contribution >= 4 is 59.1 Å². The molecule has 8 N–H and O–H groups in total. The van der Waals surface area contributed by atoms with Gasteiger partial charge in [-0.3, -0.25) is 29.0 Å². The van der Waals surface area contributed by atoms with Gasteiger partial charge in [0.05, 0.1) is 0 Å². The molecule has 0 aromatic heterocycles. The van der Waals surface area contributed by atoms with E-state index in [2.05, 4.69) is 10.6 Å². The summed E-state index contributed by atoms with van der Waals surface area (Å²) in [7, 11) is 0. The number of nitrogens with zero attached hydrogens (tertiary/aromatic N) is 2. The molecule has 2 saturated heterocycles. The smallest absolute Gasteiger partial charge is 0.360 e. The fraction of sp³-hybridized carbons (Fsp3) is 0.278. The molecule has 276 valence electrons. The Hall–Kier alpha value is -5.36. The van der Waals surface area contributed by atoms with Crippen LogP contribution in [0.4, 0.5) is 0 Å². The number of ether oxygens (including phenoxy) is 1. The first-order valence-corrected chi connectivity index (χ1v) is 18.5. The summed E-state index contributed by atoms with van der Waals surface area (Å²) in [4.78, 5) is 80.3. The molecular weight excluding hydrogens is 725 g/mol. The Morgan fingerprint density at radius 2 is 1.21 bits per heavy atom. The van der Waals surface area contributed by atoms with E-state index in [9.17, 15) is 39.0 Å². The number of amides is 4. The number of carbonyl (C=O) groups excluding carboxylic acids is 5. The van der Waals surface area contributed by atoms with Gasteiger partial charge in [-0.05, 0) is 60.4 Å². The van der Waals surface area contributed by atoms with Crippen LogP contribution in [0.3, 0.4) is 0 Å². The van der Waals surface area contributed by atoms with Crippen molar-refractivity contribution in [3.63, 3.8) is 0 Å². The predicted molar refractivity (Wildman–Crippen MR) is 195 cm³/mol. The van der Waals surface area contributed by atoms with Crippen LogP contribution in [0.15, 0.2) is 95.4 Å². The minimum absolute atomic E-state index is 0.0187. The van der Waals surface area contributed by atoms with Crippen molar-refractivity contribution in [1.29, 1.82) is 0 Å². The Kier molecular flexibility index (Phi) is 10.8. The number of hydrogen-bond donors (Lipinski definition) is 6. The SMILES string of the molecule is CC=CC1=C(C(=O)Oc2ccc([C@@H](N)C(=O)N[C@@H]3C(=O)N4C(C(=O)O)=C(C=CC)CS[C@@H]34)cc2)N2C(=O)C(NC(=O)[C@H](N)c3ccc(O)cc3)C2SC1. The number of phenolic OH excluding ortho intramolecular Hbond substituents is 1. The number of allylic oxidation sites excluding steroid dienone is 4. The van der Waals surface area contributed by atoms with E-state index in [4.69, 9.17) is 16.2 Å². The zero-order valence-corrected chi connectivity index (χ0v) is 30.1. The molecule has 53 heavy (non-hydrogen) atoms. The summed E-state index contributed by atoms with van der Waals surface area (Å²) in [5.74, 6) is -3.50. The van der Waals surface area contributed by atoms with Crippen LogP contribution >= 0.6 is 23.5 Å². The molecule has 0 saturated carbocycles. The molecule has 0 aliphatic carbocycles. The molecule has 4 amide bonds. The van der Waals surface area contributed by atoms with Crippen molar-refractivity contribution in [1.82, 2.24) is 20.4 Å². The lowest BCUT2D eigenvalue weighted by atomic mass is 10.0. The van der Waals surface area contributed by atoms with Crippen molar-refractivity contribution in [3.8, 4) is 11.5 Å². The predicted octanol–water partition coefficient (Wildman–Crippen LogP) is 1.54. The average Bonchev–Trinajstić information content (AvgIpc) is 3.15. The number of nitrogens with one attached hydrogen (secondary N) is 2. The number of carboxylic acids is 1. The van der Waals surface area contributed by atoms with Gasteiger partial charge in [0.2, 0.25) is 11.8 Å². The second kappa shape index (κ2) is 15.3. The quantitative estimate of drug-likeness (QED) is 0.109. The summed E-state index contributed by atoms with van der Waals surface area (Å²) >= 11 is 2.71. The number of fused-ring (bicyclic) bond motifs is 2.